The highest BCUT2D eigenvalue weighted by Gasteiger charge is 2.21. The van der Waals surface area contributed by atoms with Gasteiger partial charge in [0, 0.05) is 12.1 Å². The van der Waals surface area contributed by atoms with Crippen molar-refractivity contribution in [1.82, 2.24) is 0 Å². The minimum absolute atomic E-state index is 0.935. The van der Waals surface area contributed by atoms with E-state index in [0.29, 0.717) is 0 Å². The first-order valence-electron chi connectivity index (χ1n) is 4.56. The number of aliphatic imine (C=N–C) groups is 1. The van der Waals surface area contributed by atoms with E-state index in [9.17, 15) is 0 Å². The van der Waals surface area contributed by atoms with Gasteiger partial charge in [0.1, 0.15) is 0 Å². The predicted molar refractivity (Wildman–Crippen MR) is 52.6 cm³/mol. The van der Waals surface area contributed by atoms with Crippen LogP contribution in [0, 0.1) is 0 Å². The van der Waals surface area contributed by atoms with Gasteiger partial charge in [-0.1, -0.05) is 11.1 Å². The average molecular weight is 161 g/mol. The minimum atomic E-state index is 0.935. The number of hydrogen-bond acceptors (Lipinski definition) is 1. The van der Waals surface area contributed by atoms with Crippen LogP contribution in [0.1, 0.15) is 33.6 Å². The summed E-state index contributed by atoms with van der Waals surface area (Å²) in [5, 5.41) is 0. The standard InChI is InChI=1S/C11H15N/c1-7-4-10-5-8(2)12-6-11(10)9(7)3/h4-6H2,1-3H3. The largest absolute Gasteiger partial charge is 0.289 e. The highest BCUT2D eigenvalue weighted by molar-refractivity contribution is 5.86. The molecule has 12 heavy (non-hydrogen) atoms. The lowest BCUT2D eigenvalue weighted by molar-refractivity contribution is 1.01. The van der Waals surface area contributed by atoms with Crippen LogP contribution in [0.4, 0.5) is 0 Å². The van der Waals surface area contributed by atoms with Crippen molar-refractivity contribution < 1.29 is 0 Å². The van der Waals surface area contributed by atoms with Gasteiger partial charge in [0.15, 0.2) is 0 Å². The molecule has 0 saturated heterocycles. The van der Waals surface area contributed by atoms with E-state index in [2.05, 4.69) is 25.8 Å². The van der Waals surface area contributed by atoms with Crippen LogP contribution in [-0.4, -0.2) is 12.3 Å². The lowest BCUT2D eigenvalue weighted by Gasteiger charge is -2.13. The van der Waals surface area contributed by atoms with Gasteiger partial charge in [-0.15, -0.1) is 0 Å². The topological polar surface area (TPSA) is 12.4 Å². The van der Waals surface area contributed by atoms with E-state index in [0.717, 1.165) is 13.0 Å². The zero-order valence-corrected chi connectivity index (χ0v) is 8.07. The van der Waals surface area contributed by atoms with Gasteiger partial charge in [-0.3, -0.25) is 4.99 Å². The van der Waals surface area contributed by atoms with Crippen molar-refractivity contribution in [3.63, 3.8) is 0 Å². The fourth-order valence-corrected chi connectivity index (χ4v) is 2.06. The smallest absolute Gasteiger partial charge is 0.0641 e. The zero-order valence-electron chi connectivity index (χ0n) is 8.07. The molecule has 0 aromatic carbocycles. The maximum atomic E-state index is 4.48. The van der Waals surface area contributed by atoms with Crippen molar-refractivity contribution in [3.05, 3.63) is 22.3 Å². The van der Waals surface area contributed by atoms with Gasteiger partial charge < -0.3 is 0 Å². The summed E-state index contributed by atoms with van der Waals surface area (Å²) in [4.78, 5) is 4.48. The first-order chi connectivity index (χ1) is 5.68. The highest BCUT2D eigenvalue weighted by Crippen LogP contribution is 2.35. The summed E-state index contributed by atoms with van der Waals surface area (Å²) in [6, 6.07) is 0. The van der Waals surface area contributed by atoms with Gasteiger partial charge in [-0.2, -0.15) is 0 Å². The molecule has 0 saturated carbocycles. The summed E-state index contributed by atoms with van der Waals surface area (Å²) in [6.07, 6.45) is 2.32. The molecule has 0 bridgehead atoms. The first-order valence-corrected chi connectivity index (χ1v) is 4.56. The number of dihydropyridines is 1. The molecule has 0 atom stereocenters. The van der Waals surface area contributed by atoms with E-state index in [1.807, 2.05) is 0 Å². The Labute approximate surface area is 73.9 Å². The van der Waals surface area contributed by atoms with Crippen molar-refractivity contribution in [2.75, 3.05) is 6.54 Å². The number of nitrogens with zero attached hydrogens (tertiary/aromatic N) is 1. The second-order valence-electron chi connectivity index (χ2n) is 3.89. The summed E-state index contributed by atoms with van der Waals surface area (Å²) in [6.45, 7) is 7.54. The first kappa shape index (κ1) is 7.78. The Bertz CT molecular complexity index is 312. The zero-order chi connectivity index (χ0) is 8.72. The van der Waals surface area contributed by atoms with E-state index in [-0.39, 0.29) is 0 Å². The summed E-state index contributed by atoms with van der Waals surface area (Å²) in [5.41, 5.74) is 7.50. The Morgan fingerprint density at radius 1 is 1.08 bits per heavy atom. The van der Waals surface area contributed by atoms with Crippen molar-refractivity contribution in [1.29, 1.82) is 0 Å². The van der Waals surface area contributed by atoms with Gasteiger partial charge in [0.2, 0.25) is 0 Å². The van der Waals surface area contributed by atoms with Crippen LogP contribution in [0.3, 0.4) is 0 Å². The van der Waals surface area contributed by atoms with Crippen LogP contribution >= 0.6 is 0 Å². The molecule has 0 aromatic rings. The fourth-order valence-electron chi connectivity index (χ4n) is 2.06. The predicted octanol–water partition coefficient (Wildman–Crippen LogP) is 2.89. The molecule has 1 nitrogen and oxygen atoms in total. The molecule has 2 aliphatic rings. The van der Waals surface area contributed by atoms with E-state index >= 15 is 0 Å². The molecule has 2 rings (SSSR count). The number of allylic oxidation sites excluding steroid dienone is 2. The fraction of sp³-hybridized carbons (Fsp3) is 0.545. The van der Waals surface area contributed by atoms with Crippen LogP contribution in [-0.2, 0) is 0 Å². The molecule has 0 N–H and O–H groups in total. The molecule has 1 heteroatoms. The second-order valence-corrected chi connectivity index (χ2v) is 3.89. The van der Waals surface area contributed by atoms with Gasteiger partial charge in [0.25, 0.3) is 0 Å². The van der Waals surface area contributed by atoms with Gasteiger partial charge in [0.05, 0.1) is 6.54 Å². The Morgan fingerprint density at radius 2 is 1.83 bits per heavy atom. The van der Waals surface area contributed by atoms with Crippen LogP contribution in [0.5, 0.6) is 0 Å². The van der Waals surface area contributed by atoms with Gasteiger partial charge in [-0.25, -0.2) is 0 Å². The van der Waals surface area contributed by atoms with Crippen molar-refractivity contribution in [3.8, 4) is 0 Å². The molecular formula is C11H15N. The van der Waals surface area contributed by atoms with E-state index in [4.69, 9.17) is 0 Å². The quantitative estimate of drug-likeness (QED) is 0.518. The maximum absolute atomic E-state index is 4.48. The minimum Gasteiger partial charge on any atom is -0.289 e. The van der Waals surface area contributed by atoms with E-state index < -0.39 is 0 Å². The Kier molecular flexibility index (Phi) is 1.67. The highest BCUT2D eigenvalue weighted by atomic mass is 14.7. The molecule has 0 radical (unpaired) electrons. The van der Waals surface area contributed by atoms with E-state index in [1.165, 1.54) is 23.3 Å². The Balaban J connectivity index is 2.29. The van der Waals surface area contributed by atoms with Crippen molar-refractivity contribution >= 4 is 5.71 Å². The maximum Gasteiger partial charge on any atom is 0.0641 e. The van der Waals surface area contributed by atoms with Crippen LogP contribution < -0.4 is 0 Å². The third kappa shape index (κ3) is 1.04. The summed E-state index contributed by atoms with van der Waals surface area (Å²) >= 11 is 0. The molecule has 0 aromatic heterocycles. The summed E-state index contributed by atoms with van der Waals surface area (Å²) < 4.78 is 0. The molecule has 0 unspecified atom stereocenters. The third-order valence-electron chi connectivity index (χ3n) is 2.97. The molecule has 0 spiro atoms. The monoisotopic (exact) mass is 161 g/mol. The SMILES string of the molecule is CC1=NCC2=C(C1)CC(C)=C2C. The van der Waals surface area contributed by atoms with E-state index in [1.54, 1.807) is 11.1 Å². The lowest BCUT2D eigenvalue weighted by Crippen LogP contribution is -2.05. The summed E-state index contributed by atoms with van der Waals surface area (Å²) in [5.74, 6) is 0. The molecule has 0 fully saturated rings. The average Bonchev–Trinajstić information content (AvgIpc) is 2.28. The van der Waals surface area contributed by atoms with Crippen LogP contribution in [0.25, 0.3) is 0 Å². The Morgan fingerprint density at radius 3 is 2.58 bits per heavy atom. The van der Waals surface area contributed by atoms with Crippen molar-refractivity contribution in [2.45, 2.75) is 33.6 Å². The molecule has 0 amide bonds. The summed E-state index contributed by atoms with van der Waals surface area (Å²) in [7, 11) is 0. The molecule has 1 aliphatic heterocycles. The lowest BCUT2D eigenvalue weighted by atomic mass is 9.99. The number of hydrogen-bond donors (Lipinski definition) is 0. The molecular weight excluding hydrogens is 146 g/mol. The third-order valence-corrected chi connectivity index (χ3v) is 2.97. The van der Waals surface area contributed by atoms with Crippen LogP contribution in [0.15, 0.2) is 27.3 Å². The second kappa shape index (κ2) is 2.58. The van der Waals surface area contributed by atoms with Gasteiger partial charge >= 0.3 is 0 Å². The number of rotatable bonds is 0. The van der Waals surface area contributed by atoms with Gasteiger partial charge in [-0.05, 0) is 38.3 Å². The van der Waals surface area contributed by atoms with Crippen molar-refractivity contribution in [2.24, 2.45) is 4.99 Å². The molecule has 1 aliphatic carbocycles. The normalized spacial score (nSPS) is 23.1. The Hall–Kier alpha value is -0.850. The van der Waals surface area contributed by atoms with Crippen LogP contribution in [0.2, 0.25) is 0 Å². The molecule has 1 heterocycles. The molecule has 64 valence electrons.